The molecule has 2 rings (SSSR count). The Bertz CT molecular complexity index is 437. The van der Waals surface area contributed by atoms with Crippen LogP contribution in [0.15, 0.2) is 16.0 Å². The number of thiophene rings is 1. The molecule has 2 aromatic heterocycles. The van der Waals surface area contributed by atoms with E-state index in [9.17, 15) is 0 Å². The third-order valence-electron chi connectivity index (χ3n) is 1.92. The highest BCUT2D eigenvalue weighted by molar-refractivity contribution is 7.10. The Morgan fingerprint density at radius 1 is 1.53 bits per heavy atom. The lowest BCUT2D eigenvalue weighted by molar-refractivity contribution is 0.385. The minimum atomic E-state index is 0.586. The minimum absolute atomic E-state index is 0.586. The van der Waals surface area contributed by atoms with Crippen LogP contribution in [-0.2, 0) is 13.1 Å². The first-order valence-corrected chi connectivity index (χ1v) is 5.45. The van der Waals surface area contributed by atoms with Crippen molar-refractivity contribution in [3.05, 3.63) is 28.0 Å². The van der Waals surface area contributed by atoms with Gasteiger partial charge in [0.15, 0.2) is 5.82 Å². The van der Waals surface area contributed by atoms with E-state index in [4.69, 9.17) is 10.3 Å². The van der Waals surface area contributed by atoms with Crippen molar-refractivity contribution in [2.24, 2.45) is 0 Å². The number of rotatable bonds is 4. The molecule has 6 heteroatoms. The number of nitrogens with one attached hydrogen (secondary N) is 1. The lowest BCUT2D eigenvalue weighted by atomic mass is 10.4. The summed E-state index contributed by atoms with van der Waals surface area (Å²) in [7, 11) is 0. The normalized spacial score (nSPS) is 10.7. The third kappa shape index (κ3) is 2.54. The summed E-state index contributed by atoms with van der Waals surface area (Å²) in [6, 6.07) is 1.90. The van der Waals surface area contributed by atoms with Gasteiger partial charge in [-0.25, -0.2) is 0 Å². The van der Waals surface area contributed by atoms with E-state index in [0.29, 0.717) is 18.3 Å². The molecule has 3 N–H and O–H groups in total. The van der Waals surface area contributed by atoms with E-state index >= 15 is 0 Å². The zero-order valence-electron chi connectivity index (χ0n) is 8.36. The Hall–Kier alpha value is -1.40. The molecule has 0 aliphatic carbocycles. The number of aryl methyl sites for hydroxylation is 1. The van der Waals surface area contributed by atoms with Crippen molar-refractivity contribution >= 4 is 17.0 Å². The molecule has 0 radical (unpaired) electrons. The van der Waals surface area contributed by atoms with Crippen molar-refractivity contribution < 1.29 is 4.52 Å². The molecular weight excluding hydrogens is 212 g/mol. The molecule has 0 spiro atoms. The van der Waals surface area contributed by atoms with Crippen LogP contribution in [0.2, 0.25) is 0 Å². The summed E-state index contributed by atoms with van der Waals surface area (Å²) in [6.45, 7) is 3.10. The van der Waals surface area contributed by atoms with E-state index < -0.39 is 0 Å². The van der Waals surface area contributed by atoms with Crippen LogP contribution < -0.4 is 11.1 Å². The molecule has 0 amide bonds. The van der Waals surface area contributed by atoms with Crippen LogP contribution in [0.25, 0.3) is 0 Å². The van der Waals surface area contributed by atoms with Gasteiger partial charge in [-0.15, -0.1) is 11.3 Å². The fourth-order valence-corrected chi connectivity index (χ4v) is 1.96. The van der Waals surface area contributed by atoms with Crippen molar-refractivity contribution in [2.45, 2.75) is 20.0 Å². The van der Waals surface area contributed by atoms with Gasteiger partial charge in [0.1, 0.15) is 0 Å². The van der Waals surface area contributed by atoms with Crippen LogP contribution in [0, 0.1) is 6.92 Å². The van der Waals surface area contributed by atoms with Crippen molar-refractivity contribution in [1.82, 2.24) is 15.5 Å². The second kappa shape index (κ2) is 4.41. The summed E-state index contributed by atoms with van der Waals surface area (Å²) in [4.78, 5) is 5.22. The fraction of sp³-hybridized carbons (Fsp3) is 0.333. The first-order chi connectivity index (χ1) is 7.25. The van der Waals surface area contributed by atoms with E-state index in [-0.39, 0.29) is 0 Å². The van der Waals surface area contributed by atoms with Gasteiger partial charge < -0.3 is 15.6 Å². The number of nitrogens with two attached hydrogens (primary N) is 1. The molecule has 2 aromatic rings. The van der Waals surface area contributed by atoms with Crippen molar-refractivity contribution in [1.29, 1.82) is 0 Å². The average molecular weight is 224 g/mol. The van der Waals surface area contributed by atoms with E-state index in [2.05, 4.69) is 15.5 Å². The molecule has 0 atom stereocenters. The monoisotopic (exact) mass is 224 g/mol. The number of nitrogens with zero attached hydrogens (tertiary/aromatic N) is 2. The summed E-state index contributed by atoms with van der Waals surface area (Å²) < 4.78 is 4.85. The van der Waals surface area contributed by atoms with Crippen molar-refractivity contribution in [3.8, 4) is 0 Å². The smallest absolute Gasteiger partial charge is 0.223 e. The van der Waals surface area contributed by atoms with Gasteiger partial charge in [-0.2, -0.15) is 4.98 Å². The molecule has 0 fully saturated rings. The maximum Gasteiger partial charge on any atom is 0.223 e. The molecule has 0 bridgehead atoms. The molecule has 5 nitrogen and oxygen atoms in total. The quantitative estimate of drug-likeness (QED) is 0.818. The molecule has 0 aromatic carbocycles. The summed E-state index contributed by atoms with van der Waals surface area (Å²) in [5, 5.41) is 8.96. The highest BCUT2D eigenvalue weighted by Crippen LogP contribution is 2.18. The fourth-order valence-electron chi connectivity index (χ4n) is 1.20. The Balaban J connectivity index is 1.83. The highest BCUT2D eigenvalue weighted by Gasteiger charge is 2.03. The summed E-state index contributed by atoms with van der Waals surface area (Å²) in [5.41, 5.74) is 6.58. The first kappa shape index (κ1) is 10.1. The van der Waals surface area contributed by atoms with Gasteiger partial charge in [0.25, 0.3) is 0 Å². The topological polar surface area (TPSA) is 77.0 Å². The van der Waals surface area contributed by atoms with Crippen LogP contribution in [0.1, 0.15) is 16.6 Å². The van der Waals surface area contributed by atoms with Crippen LogP contribution in [0.5, 0.6) is 0 Å². The van der Waals surface area contributed by atoms with Crippen molar-refractivity contribution in [3.63, 3.8) is 0 Å². The molecule has 0 aliphatic heterocycles. The molecular formula is C9H12N4OS. The largest absolute Gasteiger partial charge is 0.398 e. The van der Waals surface area contributed by atoms with Gasteiger partial charge >= 0.3 is 0 Å². The number of hydrogen-bond acceptors (Lipinski definition) is 6. The molecule has 80 valence electrons. The molecule has 2 heterocycles. The van der Waals surface area contributed by atoms with Gasteiger partial charge in [0, 0.05) is 24.0 Å². The summed E-state index contributed by atoms with van der Waals surface area (Å²) in [5.74, 6) is 1.25. The summed E-state index contributed by atoms with van der Waals surface area (Å²) in [6.07, 6.45) is 0. The Labute approximate surface area is 91.3 Å². The van der Waals surface area contributed by atoms with E-state index in [0.717, 1.165) is 17.1 Å². The van der Waals surface area contributed by atoms with Crippen LogP contribution in [0.3, 0.4) is 0 Å². The lowest BCUT2D eigenvalue weighted by Crippen LogP contribution is -2.13. The zero-order valence-corrected chi connectivity index (χ0v) is 9.17. The molecule has 0 saturated carbocycles. The van der Waals surface area contributed by atoms with Crippen LogP contribution in [0.4, 0.5) is 5.69 Å². The van der Waals surface area contributed by atoms with E-state index in [1.54, 1.807) is 18.3 Å². The first-order valence-electron chi connectivity index (χ1n) is 4.57. The molecule has 15 heavy (non-hydrogen) atoms. The molecule has 0 saturated heterocycles. The maximum absolute atomic E-state index is 5.74. The second-order valence-electron chi connectivity index (χ2n) is 3.13. The number of hydrogen-bond donors (Lipinski definition) is 2. The number of nitrogen functional groups attached to an aromatic ring is 1. The number of anilines is 1. The van der Waals surface area contributed by atoms with Gasteiger partial charge in [-0.3, -0.25) is 0 Å². The predicted octanol–water partition coefficient (Wildman–Crippen LogP) is 1.31. The predicted molar refractivity (Wildman–Crippen MR) is 58.3 cm³/mol. The second-order valence-corrected chi connectivity index (χ2v) is 4.13. The van der Waals surface area contributed by atoms with Gasteiger partial charge in [0.2, 0.25) is 5.89 Å². The van der Waals surface area contributed by atoms with Gasteiger partial charge in [-0.1, -0.05) is 5.16 Å². The third-order valence-corrected chi connectivity index (χ3v) is 2.85. The zero-order chi connectivity index (χ0) is 10.7. The Kier molecular flexibility index (Phi) is 2.98. The lowest BCUT2D eigenvalue weighted by Gasteiger charge is -1.99. The van der Waals surface area contributed by atoms with E-state index in [1.165, 1.54) is 0 Å². The minimum Gasteiger partial charge on any atom is -0.398 e. The highest BCUT2D eigenvalue weighted by atomic mass is 32.1. The average Bonchev–Trinajstić information content (AvgIpc) is 2.77. The molecule has 0 aliphatic rings. The Morgan fingerprint density at radius 2 is 2.40 bits per heavy atom. The SMILES string of the molecule is Cc1nc(CNCc2sccc2N)no1. The van der Waals surface area contributed by atoms with Gasteiger partial charge in [-0.05, 0) is 11.4 Å². The van der Waals surface area contributed by atoms with Crippen molar-refractivity contribution in [2.75, 3.05) is 5.73 Å². The Morgan fingerprint density at radius 3 is 3.00 bits per heavy atom. The van der Waals surface area contributed by atoms with E-state index in [1.807, 2.05) is 11.4 Å². The van der Waals surface area contributed by atoms with Crippen LogP contribution >= 0.6 is 11.3 Å². The maximum atomic E-state index is 5.74. The van der Waals surface area contributed by atoms with Crippen LogP contribution in [-0.4, -0.2) is 10.1 Å². The van der Waals surface area contributed by atoms with Gasteiger partial charge in [0.05, 0.1) is 6.54 Å². The standard InChI is InChI=1S/C9H12N4OS/c1-6-12-9(13-14-6)5-11-4-8-7(10)2-3-15-8/h2-3,11H,4-5,10H2,1H3. The summed E-state index contributed by atoms with van der Waals surface area (Å²) >= 11 is 1.64. The molecule has 0 unspecified atom stereocenters. The number of aromatic nitrogens is 2.